The van der Waals surface area contributed by atoms with Gasteiger partial charge in [-0.05, 0) is 55.5 Å². The summed E-state index contributed by atoms with van der Waals surface area (Å²) in [5, 5.41) is 3.40. The fraction of sp³-hybridized carbons (Fsp3) is 0.533. The maximum atomic E-state index is 11.8. The van der Waals surface area contributed by atoms with E-state index in [1.54, 1.807) is 0 Å². The van der Waals surface area contributed by atoms with E-state index in [0.717, 1.165) is 25.2 Å². The molecule has 0 spiro atoms. The smallest absolute Gasteiger partial charge is 0.227 e. The van der Waals surface area contributed by atoms with Crippen molar-refractivity contribution >= 4 is 11.6 Å². The van der Waals surface area contributed by atoms with Crippen LogP contribution in [0.3, 0.4) is 0 Å². The molecule has 3 rings (SSSR count). The van der Waals surface area contributed by atoms with Crippen LogP contribution in [0.1, 0.15) is 36.3 Å². The zero-order chi connectivity index (χ0) is 12.5. The first kappa shape index (κ1) is 11.7. The van der Waals surface area contributed by atoms with E-state index in [0.29, 0.717) is 12.3 Å². The lowest BCUT2D eigenvalue weighted by Gasteiger charge is -2.29. The molecule has 0 atom stereocenters. The predicted octanol–water partition coefficient (Wildman–Crippen LogP) is 2.06. The van der Waals surface area contributed by atoms with Crippen molar-refractivity contribution in [2.75, 3.05) is 25.0 Å². The van der Waals surface area contributed by atoms with Gasteiger partial charge in [0, 0.05) is 19.2 Å². The molecule has 0 unspecified atom stereocenters. The van der Waals surface area contributed by atoms with Crippen molar-refractivity contribution in [2.45, 2.75) is 31.6 Å². The van der Waals surface area contributed by atoms with Gasteiger partial charge in [-0.1, -0.05) is 12.1 Å². The first-order valence-electron chi connectivity index (χ1n) is 6.86. The highest BCUT2D eigenvalue weighted by molar-refractivity contribution is 5.95. The summed E-state index contributed by atoms with van der Waals surface area (Å²) in [5.74, 6) is 0.895. The minimum Gasteiger partial charge on any atom is -0.317 e. The Kier molecular flexibility index (Phi) is 3.08. The zero-order valence-electron chi connectivity index (χ0n) is 10.9. The SMILES string of the molecule is CN1C(=O)CCc2ccc(C3CCNCC3)cc21. The Morgan fingerprint density at radius 1 is 1.22 bits per heavy atom. The third kappa shape index (κ3) is 2.03. The maximum absolute atomic E-state index is 11.8. The molecule has 2 heterocycles. The molecule has 1 saturated heterocycles. The molecule has 1 fully saturated rings. The molecule has 0 aliphatic carbocycles. The first-order valence-corrected chi connectivity index (χ1v) is 6.86. The van der Waals surface area contributed by atoms with Crippen LogP contribution < -0.4 is 10.2 Å². The third-order valence-electron chi connectivity index (χ3n) is 4.26. The van der Waals surface area contributed by atoms with Gasteiger partial charge in [0.15, 0.2) is 0 Å². The quantitative estimate of drug-likeness (QED) is 0.820. The lowest BCUT2D eigenvalue weighted by molar-refractivity contribution is -0.118. The predicted molar refractivity (Wildman–Crippen MR) is 73.0 cm³/mol. The van der Waals surface area contributed by atoms with Gasteiger partial charge in [0.05, 0.1) is 0 Å². The standard InChI is InChI=1S/C15H20N2O/c1-17-14-10-13(11-6-8-16-9-7-11)3-2-12(14)4-5-15(17)18/h2-3,10-11,16H,4-9H2,1H3. The number of nitrogens with one attached hydrogen (secondary N) is 1. The van der Waals surface area contributed by atoms with Crippen LogP contribution in [0, 0.1) is 0 Å². The Labute approximate surface area is 108 Å². The number of benzene rings is 1. The molecule has 1 aromatic carbocycles. The molecule has 0 aromatic heterocycles. The summed E-state index contributed by atoms with van der Waals surface area (Å²) in [7, 11) is 1.90. The van der Waals surface area contributed by atoms with E-state index < -0.39 is 0 Å². The number of nitrogens with zero attached hydrogens (tertiary/aromatic N) is 1. The van der Waals surface area contributed by atoms with Gasteiger partial charge in [-0.2, -0.15) is 0 Å². The molecule has 3 nitrogen and oxygen atoms in total. The number of anilines is 1. The van der Waals surface area contributed by atoms with E-state index in [9.17, 15) is 4.79 Å². The molecule has 1 N–H and O–H groups in total. The molecule has 0 radical (unpaired) electrons. The number of hydrogen-bond donors (Lipinski definition) is 1. The molecular weight excluding hydrogens is 224 g/mol. The molecule has 1 aromatic rings. The van der Waals surface area contributed by atoms with Gasteiger partial charge in [0.2, 0.25) is 5.91 Å². The zero-order valence-corrected chi connectivity index (χ0v) is 10.9. The second kappa shape index (κ2) is 4.73. The molecular formula is C15H20N2O. The highest BCUT2D eigenvalue weighted by Crippen LogP contribution is 2.33. The van der Waals surface area contributed by atoms with E-state index in [4.69, 9.17) is 0 Å². The second-order valence-corrected chi connectivity index (χ2v) is 5.37. The number of carbonyl (C=O) groups excluding carboxylic acids is 1. The number of hydrogen-bond acceptors (Lipinski definition) is 2. The minimum atomic E-state index is 0.241. The van der Waals surface area contributed by atoms with Crippen LogP contribution >= 0.6 is 0 Å². The topological polar surface area (TPSA) is 32.3 Å². The van der Waals surface area contributed by atoms with E-state index >= 15 is 0 Å². The monoisotopic (exact) mass is 244 g/mol. The van der Waals surface area contributed by atoms with E-state index in [2.05, 4.69) is 23.5 Å². The van der Waals surface area contributed by atoms with Crippen LogP contribution in [0.4, 0.5) is 5.69 Å². The van der Waals surface area contributed by atoms with Crippen molar-refractivity contribution in [3.63, 3.8) is 0 Å². The van der Waals surface area contributed by atoms with E-state index in [1.165, 1.54) is 24.0 Å². The molecule has 2 aliphatic rings. The molecule has 18 heavy (non-hydrogen) atoms. The normalized spacial score (nSPS) is 20.9. The van der Waals surface area contributed by atoms with Crippen molar-refractivity contribution in [2.24, 2.45) is 0 Å². The number of rotatable bonds is 1. The summed E-state index contributed by atoms with van der Waals surface area (Å²) >= 11 is 0. The minimum absolute atomic E-state index is 0.241. The average Bonchev–Trinajstić information content (AvgIpc) is 2.44. The Morgan fingerprint density at radius 3 is 2.78 bits per heavy atom. The van der Waals surface area contributed by atoms with Crippen LogP contribution in [0.5, 0.6) is 0 Å². The maximum Gasteiger partial charge on any atom is 0.227 e. The van der Waals surface area contributed by atoms with Gasteiger partial charge in [0.1, 0.15) is 0 Å². The third-order valence-corrected chi connectivity index (χ3v) is 4.26. The number of fused-ring (bicyclic) bond motifs is 1. The second-order valence-electron chi connectivity index (χ2n) is 5.37. The lowest BCUT2D eigenvalue weighted by atomic mass is 9.88. The van der Waals surface area contributed by atoms with Crippen LogP contribution in [-0.4, -0.2) is 26.0 Å². The van der Waals surface area contributed by atoms with Crippen molar-refractivity contribution < 1.29 is 4.79 Å². The summed E-state index contributed by atoms with van der Waals surface area (Å²) in [6, 6.07) is 6.72. The van der Waals surface area contributed by atoms with Crippen LogP contribution in [0.15, 0.2) is 18.2 Å². The largest absolute Gasteiger partial charge is 0.317 e. The highest BCUT2D eigenvalue weighted by Gasteiger charge is 2.23. The molecule has 0 saturated carbocycles. The molecule has 0 bridgehead atoms. The first-order chi connectivity index (χ1) is 8.75. The highest BCUT2D eigenvalue weighted by atomic mass is 16.2. The Balaban J connectivity index is 1.91. The Bertz CT molecular complexity index is 464. The average molecular weight is 244 g/mol. The van der Waals surface area contributed by atoms with Gasteiger partial charge in [-0.25, -0.2) is 0 Å². The summed E-state index contributed by atoms with van der Waals surface area (Å²) in [4.78, 5) is 13.6. The van der Waals surface area contributed by atoms with Crippen LogP contribution in [0.25, 0.3) is 0 Å². The van der Waals surface area contributed by atoms with E-state index in [1.807, 2.05) is 11.9 Å². The number of amides is 1. The fourth-order valence-corrected chi connectivity index (χ4v) is 3.06. The molecule has 2 aliphatic heterocycles. The number of carbonyl (C=O) groups is 1. The Hall–Kier alpha value is -1.35. The van der Waals surface area contributed by atoms with E-state index in [-0.39, 0.29) is 5.91 Å². The van der Waals surface area contributed by atoms with Crippen molar-refractivity contribution in [1.29, 1.82) is 0 Å². The van der Waals surface area contributed by atoms with Gasteiger partial charge >= 0.3 is 0 Å². The number of piperidine rings is 1. The Morgan fingerprint density at radius 2 is 2.00 bits per heavy atom. The van der Waals surface area contributed by atoms with Crippen molar-refractivity contribution in [1.82, 2.24) is 5.32 Å². The summed E-state index contributed by atoms with van der Waals surface area (Å²) < 4.78 is 0. The summed E-state index contributed by atoms with van der Waals surface area (Å²) in [5.41, 5.74) is 3.84. The lowest BCUT2D eigenvalue weighted by Crippen LogP contribution is -2.31. The van der Waals surface area contributed by atoms with Crippen molar-refractivity contribution in [3.05, 3.63) is 29.3 Å². The summed E-state index contributed by atoms with van der Waals surface area (Å²) in [6.45, 7) is 2.22. The van der Waals surface area contributed by atoms with Crippen LogP contribution in [-0.2, 0) is 11.2 Å². The van der Waals surface area contributed by atoms with Gasteiger partial charge in [0.25, 0.3) is 0 Å². The van der Waals surface area contributed by atoms with Gasteiger partial charge in [-0.3, -0.25) is 4.79 Å². The fourth-order valence-electron chi connectivity index (χ4n) is 3.06. The van der Waals surface area contributed by atoms with Crippen molar-refractivity contribution in [3.8, 4) is 0 Å². The molecule has 96 valence electrons. The number of aryl methyl sites for hydroxylation is 1. The molecule has 3 heteroatoms. The van der Waals surface area contributed by atoms with Crippen LogP contribution in [0.2, 0.25) is 0 Å². The van der Waals surface area contributed by atoms with Gasteiger partial charge < -0.3 is 10.2 Å². The van der Waals surface area contributed by atoms with Gasteiger partial charge in [-0.15, -0.1) is 0 Å². The molecule has 1 amide bonds. The summed E-state index contributed by atoms with van der Waals surface area (Å²) in [6.07, 6.45) is 3.95.